The molecule has 1 saturated carbocycles. The number of benzene rings is 1. The molecule has 2 aromatic rings. The van der Waals surface area contributed by atoms with Gasteiger partial charge in [0, 0.05) is 37.1 Å². The molecule has 2 heterocycles. The van der Waals surface area contributed by atoms with E-state index in [0.29, 0.717) is 49.1 Å². The lowest BCUT2D eigenvalue weighted by molar-refractivity contribution is -0.136. The van der Waals surface area contributed by atoms with Gasteiger partial charge >= 0.3 is 5.97 Å². The number of carbonyl (C=O) groups excluding carboxylic acids is 2. The highest BCUT2D eigenvalue weighted by atomic mass is 32.1. The fraction of sp³-hybridized carbons (Fsp3) is 0.538. The lowest BCUT2D eigenvalue weighted by Gasteiger charge is -2.34. The SMILES string of the molecule is O=C(O)Cc1csc(CC(=O)N2CCN(C(=O)c3cccc(OCCC4CCCCC4)c3)CC2)n1. The van der Waals surface area contributed by atoms with Gasteiger partial charge in [-0.15, -0.1) is 11.3 Å². The summed E-state index contributed by atoms with van der Waals surface area (Å²) in [5.41, 5.74) is 1.08. The molecule has 188 valence electrons. The lowest BCUT2D eigenvalue weighted by Crippen LogP contribution is -2.51. The van der Waals surface area contributed by atoms with Crippen molar-refractivity contribution in [1.29, 1.82) is 0 Å². The van der Waals surface area contributed by atoms with Crippen LogP contribution in [0.5, 0.6) is 5.75 Å². The van der Waals surface area contributed by atoms with Gasteiger partial charge < -0.3 is 19.6 Å². The molecule has 1 aliphatic carbocycles. The van der Waals surface area contributed by atoms with Crippen LogP contribution in [-0.2, 0) is 22.4 Å². The molecular weight excluding hydrogens is 466 g/mol. The van der Waals surface area contributed by atoms with Gasteiger partial charge in [-0.1, -0.05) is 38.2 Å². The summed E-state index contributed by atoms with van der Waals surface area (Å²) in [5.74, 6) is 0.446. The first-order valence-corrected chi connectivity index (χ1v) is 13.3. The van der Waals surface area contributed by atoms with Crippen molar-refractivity contribution < 1.29 is 24.2 Å². The maximum absolute atomic E-state index is 13.0. The van der Waals surface area contributed by atoms with E-state index in [4.69, 9.17) is 9.84 Å². The van der Waals surface area contributed by atoms with Gasteiger partial charge in [-0.3, -0.25) is 14.4 Å². The molecule has 2 fully saturated rings. The van der Waals surface area contributed by atoms with Crippen molar-refractivity contribution in [1.82, 2.24) is 14.8 Å². The van der Waals surface area contributed by atoms with Crippen molar-refractivity contribution in [2.24, 2.45) is 5.92 Å². The Morgan fingerprint density at radius 2 is 1.77 bits per heavy atom. The number of rotatable bonds is 9. The summed E-state index contributed by atoms with van der Waals surface area (Å²) in [6.45, 7) is 2.56. The van der Waals surface area contributed by atoms with Gasteiger partial charge in [0.15, 0.2) is 0 Å². The molecule has 0 radical (unpaired) electrons. The van der Waals surface area contributed by atoms with Crippen LogP contribution in [0.25, 0.3) is 0 Å². The number of amides is 2. The molecule has 9 heteroatoms. The van der Waals surface area contributed by atoms with Crippen LogP contribution in [0.15, 0.2) is 29.6 Å². The number of nitrogens with zero attached hydrogens (tertiary/aromatic N) is 3. The Morgan fingerprint density at radius 3 is 2.51 bits per heavy atom. The van der Waals surface area contributed by atoms with Crippen LogP contribution in [0.3, 0.4) is 0 Å². The zero-order valence-electron chi connectivity index (χ0n) is 20.0. The first-order valence-electron chi connectivity index (χ1n) is 12.4. The van der Waals surface area contributed by atoms with Crippen LogP contribution in [-0.4, -0.2) is 70.5 Å². The molecule has 0 bridgehead atoms. The number of carbonyl (C=O) groups is 3. The smallest absolute Gasteiger partial charge is 0.309 e. The molecule has 0 spiro atoms. The van der Waals surface area contributed by atoms with Crippen molar-refractivity contribution in [3.05, 3.63) is 45.9 Å². The molecule has 8 nitrogen and oxygen atoms in total. The second kappa shape index (κ2) is 12.2. The molecule has 1 aliphatic heterocycles. The van der Waals surface area contributed by atoms with Gasteiger partial charge in [0.25, 0.3) is 5.91 Å². The largest absolute Gasteiger partial charge is 0.494 e. The molecule has 0 atom stereocenters. The van der Waals surface area contributed by atoms with E-state index in [1.165, 1.54) is 43.4 Å². The number of ether oxygens (including phenoxy) is 1. The van der Waals surface area contributed by atoms with Crippen molar-refractivity contribution >= 4 is 29.1 Å². The first-order chi connectivity index (χ1) is 17.0. The van der Waals surface area contributed by atoms with E-state index < -0.39 is 5.97 Å². The maximum Gasteiger partial charge on any atom is 0.309 e. The molecule has 35 heavy (non-hydrogen) atoms. The van der Waals surface area contributed by atoms with E-state index in [9.17, 15) is 14.4 Å². The summed E-state index contributed by atoms with van der Waals surface area (Å²) in [5, 5.41) is 11.2. The predicted octanol–water partition coefficient (Wildman–Crippen LogP) is 3.65. The monoisotopic (exact) mass is 499 g/mol. The van der Waals surface area contributed by atoms with Crippen LogP contribution in [0.4, 0.5) is 0 Å². The second-order valence-electron chi connectivity index (χ2n) is 9.32. The van der Waals surface area contributed by atoms with E-state index >= 15 is 0 Å². The average molecular weight is 500 g/mol. The third-order valence-corrected chi connectivity index (χ3v) is 7.65. The highest BCUT2D eigenvalue weighted by molar-refractivity contribution is 7.09. The third kappa shape index (κ3) is 7.27. The van der Waals surface area contributed by atoms with E-state index in [-0.39, 0.29) is 24.7 Å². The summed E-state index contributed by atoms with van der Waals surface area (Å²) >= 11 is 1.30. The summed E-state index contributed by atoms with van der Waals surface area (Å²) in [6.07, 6.45) is 7.67. The molecule has 2 amide bonds. The standard InChI is InChI=1S/C26H33N3O5S/c30-24(17-23-27-21(18-35-23)16-25(31)32)28-10-12-29(13-11-28)26(33)20-7-4-8-22(15-20)34-14-9-19-5-2-1-3-6-19/h4,7-8,15,18-19H,1-3,5-6,9-14,16-17H2,(H,31,32). The minimum absolute atomic E-state index is 0.0481. The number of carboxylic acids is 1. The van der Waals surface area contributed by atoms with Gasteiger partial charge in [-0.05, 0) is 30.5 Å². The van der Waals surface area contributed by atoms with E-state index in [1.807, 2.05) is 24.3 Å². The van der Waals surface area contributed by atoms with E-state index in [0.717, 1.165) is 18.1 Å². The van der Waals surface area contributed by atoms with Gasteiger partial charge in [-0.25, -0.2) is 4.98 Å². The number of hydrogen-bond acceptors (Lipinski definition) is 6. The minimum Gasteiger partial charge on any atom is -0.494 e. The topological polar surface area (TPSA) is 100 Å². The minimum atomic E-state index is -0.939. The number of piperazine rings is 1. The van der Waals surface area contributed by atoms with Crippen molar-refractivity contribution in [3.63, 3.8) is 0 Å². The quantitative estimate of drug-likeness (QED) is 0.565. The van der Waals surface area contributed by atoms with Crippen LogP contribution in [0.1, 0.15) is 59.6 Å². The fourth-order valence-electron chi connectivity index (χ4n) is 4.79. The zero-order chi connectivity index (χ0) is 24.6. The third-order valence-electron chi connectivity index (χ3n) is 6.75. The fourth-order valence-corrected chi connectivity index (χ4v) is 5.57. The highest BCUT2D eigenvalue weighted by Crippen LogP contribution is 2.26. The second-order valence-corrected chi connectivity index (χ2v) is 10.3. The Kier molecular flexibility index (Phi) is 8.74. The van der Waals surface area contributed by atoms with Crippen molar-refractivity contribution in [2.45, 2.75) is 51.4 Å². The molecule has 0 unspecified atom stereocenters. The van der Waals surface area contributed by atoms with Gasteiger partial charge in [0.2, 0.25) is 5.91 Å². The van der Waals surface area contributed by atoms with Crippen molar-refractivity contribution in [3.8, 4) is 5.75 Å². The summed E-state index contributed by atoms with van der Waals surface area (Å²) < 4.78 is 5.95. The Hall–Kier alpha value is -2.94. The molecule has 1 aromatic carbocycles. The average Bonchev–Trinajstić information content (AvgIpc) is 3.30. The molecule has 1 aromatic heterocycles. The number of aromatic nitrogens is 1. The molecular formula is C26H33N3O5S. The van der Waals surface area contributed by atoms with Gasteiger partial charge in [0.1, 0.15) is 10.8 Å². The first kappa shape index (κ1) is 25.2. The van der Waals surface area contributed by atoms with Crippen LogP contribution in [0.2, 0.25) is 0 Å². The number of thiazole rings is 1. The Labute approximate surface area is 209 Å². The molecule has 1 saturated heterocycles. The number of hydrogen-bond donors (Lipinski definition) is 1. The Morgan fingerprint density at radius 1 is 1.03 bits per heavy atom. The molecule has 4 rings (SSSR count). The summed E-state index contributed by atoms with van der Waals surface area (Å²) in [7, 11) is 0. The number of carboxylic acid groups (broad SMARTS) is 1. The Bertz CT molecular complexity index is 1030. The van der Waals surface area contributed by atoms with Crippen LogP contribution >= 0.6 is 11.3 Å². The predicted molar refractivity (Wildman–Crippen MR) is 133 cm³/mol. The summed E-state index contributed by atoms with van der Waals surface area (Å²) in [4.78, 5) is 44.3. The van der Waals surface area contributed by atoms with Crippen molar-refractivity contribution in [2.75, 3.05) is 32.8 Å². The van der Waals surface area contributed by atoms with Gasteiger partial charge in [-0.2, -0.15) is 0 Å². The molecule has 2 aliphatic rings. The number of aliphatic carboxylic acids is 1. The zero-order valence-corrected chi connectivity index (χ0v) is 20.8. The summed E-state index contributed by atoms with van der Waals surface area (Å²) in [6, 6.07) is 7.38. The van der Waals surface area contributed by atoms with E-state index in [2.05, 4.69) is 4.98 Å². The van der Waals surface area contributed by atoms with Crippen LogP contribution in [0, 0.1) is 5.92 Å². The maximum atomic E-state index is 13.0. The lowest BCUT2D eigenvalue weighted by atomic mass is 9.87. The Balaban J connectivity index is 1.23. The highest BCUT2D eigenvalue weighted by Gasteiger charge is 2.26. The normalized spacial score (nSPS) is 16.8. The van der Waals surface area contributed by atoms with Crippen LogP contribution < -0.4 is 4.74 Å². The molecule has 1 N–H and O–H groups in total. The van der Waals surface area contributed by atoms with Gasteiger partial charge in [0.05, 0.1) is 25.1 Å². The van der Waals surface area contributed by atoms with E-state index in [1.54, 1.807) is 15.2 Å².